The van der Waals surface area contributed by atoms with Crippen LogP contribution in [0.1, 0.15) is 25.3 Å². The van der Waals surface area contributed by atoms with Crippen LogP contribution < -0.4 is 21.2 Å². The molecule has 0 aliphatic heterocycles. The zero-order valence-electron chi connectivity index (χ0n) is 17.7. The van der Waals surface area contributed by atoms with Crippen molar-refractivity contribution in [2.75, 3.05) is 11.1 Å². The van der Waals surface area contributed by atoms with Crippen LogP contribution in [0.15, 0.2) is 54.6 Å². The van der Waals surface area contributed by atoms with Gasteiger partial charge >= 0.3 is 5.97 Å². The van der Waals surface area contributed by atoms with Gasteiger partial charge in [-0.2, -0.15) is 0 Å². The van der Waals surface area contributed by atoms with Crippen molar-refractivity contribution in [1.82, 2.24) is 9.84 Å². The highest BCUT2D eigenvalue weighted by molar-refractivity contribution is 7.89. The van der Waals surface area contributed by atoms with E-state index in [1.807, 2.05) is 6.92 Å². The molecule has 0 unspecified atom stereocenters. The Bertz CT molecular complexity index is 1030. The summed E-state index contributed by atoms with van der Waals surface area (Å²) in [5.74, 6) is -1.28. The van der Waals surface area contributed by atoms with Gasteiger partial charge in [-0.15, -0.1) is 0 Å². The number of esters is 1. The van der Waals surface area contributed by atoms with E-state index >= 15 is 0 Å². The molecule has 0 saturated heterocycles. The van der Waals surface area contributed by atoms with E-state index in [0.29, 0.717) is 28.5 Å². The maximum atomic E-state index is 13.1. The lowest BCUT2D eigenvalue weighted by Gasteiger charge is -2.28. The lowest BCUT2D eigenvalue weighted by molar-refractivity contribution is -0.139. The highest BCUT2D eigenvalue weighted by atomic mass is 32.2. The van der Waals surface area contributed by atoms with Crippen LogP contribution in [0.5, 0.6) is 5.75 Å². The summed E-state index contributed by atoms with van der Waals surface area (Å²) in [6, 6.07) is 13.6. The van der Waals surface area contributed by atoms with Crippen molar-refractivity contribution in [2.24, 2.45) is 5.73 Å². The molecule has 172 valence electrons. The van der Waals surface area contributed by atoms with Gasteiger partial charge in [-0.3, -0.25) is 15.6 Å². The number of nitrogens with zero attached hydrogens (tertiary/aromatic N) is 1. The lowest BCUT2D eigenvalue weighted by Crippen LogP contribution is -2.55. The summed E-state index contributed by atoms with van der Waals surface area (Å²) in [7, 11) is -3.99. The number of unbranched alkanes of at least 4 members (excludes halogenated alkanes) is 1. The predicted molar refractivity (Wildman–Crippen MR) is 121 cm³/mol. The van der Waals surface area contributed by atoms with E-state index < -0.39 is 22.0 Å². The van der Waals surface area contributed by atoms with Crippen molar-refractivity contribution in [2.45, 2.75) is 32.2 Å². The summed E-state index contributed by atoms with van der Waals surface area (Å²) in [5, 5.41) is 9.89. The minimum Gasteiger partial charge on any atom is -0.425 e. The molecular formula is C21H27N5O5S. The smallest absolute Gasteiger partial charge is 0.332 e. The van der Waals surface area contributed by atoms with Crippen molar-refractivity contribution in [3.8, 4) is 5.75 Å². The van der Waals surface area contributed by atoms with Crippen molar-refractivity contribution in [3.63, 3.8) is 0 Å². The summed E-state index contributed by atoms with van der Waals surface area (Å²) in [4.78, 5) is 24.3. The largest absolute Gasteiger partial charge is 0.425 e. The lowest BCUT2D eigenvalue weighted by atomic mass is 10.1. The number of amides is 1. The predicted octanol–water partition coefficient (Wildman–Crippen LogP) is 1.60. The van der Waals surface area contributed by atoms with Crippen LogP contribution in [0.4, 0.5) is 5.69 Å². The first-order valence-electron chi connectivity index (χ1n) is 9.95. The Labute approximate surface area is 187 Å². The molecule has 0 saturated carbocycles. The number of hydrogen-bond acceptors (Lipinski definition) is 6. The van der Waals surface area contributed by atoms with Crippen LogP contribution in [0.2, 0.25) is 0 Å². The third-order valence-corrected chi connectivity index (χ3v) is 6.16. The number of nitrogens with one attached hydrogen (secondary N) is 3. The number of benzene rings is 2. The monoisotopic (exact) mass is 461 g/mol. The second kappa shape index (κ2) is 11.8. The van der Waals surface area contributed by atoms with Crippen LogP contribution in [-0.4, -0.2) is 43.0 Å². The van der Waals surface area contributed by atoms with Gasteiger partial charge in [-0.25, -0.2) is 13.2 Å². The Morgan fingerprint density at radius 3 is 2.56 bits per heavy atom. The second-order valence-corrected chi connectivity index (χ2v) is 8.87. The number of rotatable bonds is 12. The van der Waals surface area contributed by atoms with E-state index in [0.717, 1.165) is 0 Å². The van der Waals surface area contributed by atoms with E-state index in [1.54, 1.807) is 42.5 Å². The highest BCUT2D eigenvalue weighted by Gasteiger charge is 2.36. The van der Waals surface area contributed by atoms with Crippen LogP contribution in [-0.2, 0) is 26.0 Å². The number of hydrazine groups is 1. The topological polar surface area (TPSA) is 155 Å². The SMILES string of the molecule is CCCCS(=O)(=O)N(NC=O)[C@@H](Cc1ccccc1)C(=O)Oc1cccc(NC(=N)N)c1. The maximum absolute atomic E-state index is 13.1. The molecule has 2 aromatic carbocycles. The quantitative estimate of drug-likeness (QED) is 0.0934. The fraction of sp³-hybridized carbons (Fsp3) is 0.286. The molecule has 0 heterocycles. The van der Waals surface area contributed by atoms with Crippen LogP contribution in [0, 0.1) is 5.41 Å². The Balaban J connectivity index is 2.37. The van der Waals surface area contributed by atoms with Gasteiger partial charge in [0, 0.05) is 18.2 Å². The minimum atomic E-state index is -3.99. The number of carbonyl (C=O) groups excluding carboxylic acids is 2. The third-order valence-electron chi connectivity index (χ3n) is 4.39. The molecular weight excluding hydrogens is 434 g/mol. The van der Waals surface area contributed by atoms with Crippen molar-refractivity contribution in [3.05, 3.63) is 60.2 Å². The summed E-state index contributed by atoms with van der Waals surface area (Å²) >= 11 is 0. The highest BCUT2D eigenvalue weighted by Crippen LogP contribution is 2.20. The first-order valence-corrected chi connectivity index (χ1v) is 11.6. The molecule has 2 rings (SSSR count). The van der Waals surface area contributed by atoms with Gasteiger partial charge in [0.25, 0.3) is 0 Å². The number of nitrogens with two attached hydrogens (primary N) is 1. The fourth-order valence-electron chi connectivity index (χ4n) is 2.92. The maximum Gasteiger partial charge on any atom is 0.332 e. The molecule has 2 aromatic rings. The number of guanidine groups is 1. The van der Waals surface area contributed by atoms with E-state index in [-0.39, 0.29) is 30.3 Å². The summed E-state index contributed by atoms with van der Waals surface area (Å²) < 4.78 is 31.9. The zero-order chi connectivity index (χ0) is 23.6. The van der Waals surface area contributed by atoms with Gasteiger partial charge < -0.3 is 15.8 Å². The van der Waals surface area contributed by atoms with Gasteiger partial charge in [-0.1, -0.05) is 54.2 Å². The van der Waals surface area contributed by atoms with E-state index in [2.05, 4.69) is 10.7 Å². The summed E-state index contributed by atoms with van der Waals surface area (Å²) in [6.45, 7) is 1.84. The van der Waals surface area contributed by atoms with Crippen molar-refractivity contribution < 1.29 is 22.7 Å². The minimum absolute atomic E-state index is 0.0166. The molecule has 1 atom stereocenters. The number of sulfonamides is 1. The normalized spacial score (nSPS) is 12.1. The average Bonchev–Trinajstić information content (AvgIpc) is 2.75. The molecule has 5 N–H and O–H groups in total. The van der Waals surface area contributed by atoms with Crippen LogP contribution in [0.3, 0.4) is 0 Å². The molecule has 0 bridgehead atoms. The molecule has 11 heteroatoms. The molecule has 0 aliphatic rings. The second-order valence-electron chi connectivity index (χ2n) is 6.91. The van der Waals surface area contributed by atoms with Crippen LogP contribution in [0.25, 0.3) is 0 Å². The first kappa shape index (κ1) is 24.8. The van der Waals surface area contributed by atoms with E-state index in [9.17, 15) is 18.0 Å². The van der Waals surface area contributed by atoms with E-state index in [4.69, 9.17) is 15.9 Å². The molecule has 0 radical (unpaired) electrons. The Hall–Kier alpha value is -3.44. The number of carbonyl (C=O) groups is 2. The molecule has 10 nitrogen and oxygen atoms in total. The molecule has 32 heavy (non-hydrogen) atoms. The fourth-order valence-corrected chi connectivity index (χ4v) is 4.52. The molecule has 0 aromatic heterocycles. The number of ether oxygens (including phenoxy) is 1. The summed E-state index contributed by atoms with van der Waals surface area (Å²) in [6.07, 6.45) is 1.19. The number of anilines is 1. The Morgan fingerprint density at radius 2 is 1.94 bits per heavy atom. The van der Waals surface area contributed by atoms with Gasteiger partial charge in [-0.05, 0) is 24.1 Å². The van der Waals surface area contributed by atoms with Gasteiger partial charge in [0.2, 0.25) is 16.4 Å². The third kappa shape index (κ3) is 7.36. The Kier molecular flexibility index (Phi) is 9.17. The van der Waals surface area contributed by atoms with Crippen molar-refractivity contribution in [1.29, 1.82) is 5.41 Å². The van der Waals surface area contributed by atoms with E-state index in [1.165, 1.54) is 12.1 Å². The van der Waals surface area contributed by atoms with Gasteiger partial charge in [0.05, 0.1) is 5.75 Å². The molecule has 0 spiro atoms. The molecule has 1 amide bonds. The van der Waals surface area contributed by atoms with Crippen LogP contribution >= 0.6 is 0 Å². The van der Waals surface area contributed by atoms with Crippen molar-refractivity contribution >= 4 is 34.0 Å². The molecule has 0 fully saturated rings. The number of hydrogen-bond donors (Lipinski definition) is 4. The van der Waals surface area contributed by atoms with Gasteiger partial charge in [0.1, 0.15) is 11.8 Å². The standard InChI is InChI=1S/C21H27N5O5S/c1-2-3-12-32(29,30)26(24-15-27)19(13-16-8-5-4-6-9-16)20(28)31-18-11-7-10-17(14-18)25-21(22)23/h4-11,14-15,19H,2-3,12-13H2,1H3,(H,24,27)(H4,22,23,25)/t19-/m0/s1. The zero-order valence-corrected chi connectivity index (χ0v) is 18.5. The summed E-state index contributed by atoms with van der Waals surface area (Å²) in [5.41, 5.74) is 8.59. The first-order chi connectivity index (χ1) is 15.3. The molecule has 0 aliphatic carbocycles. The van der Waals surface area contributed by atoms with Gasteiger partial charge in [0.15, 0.2) is 5.96 Å². The average molecular weight is 462 g/mol. The Morgan fingerprint density at radius 1 is 1.22 bits per heavy atom.